The molecule has 0 saturated carbocycles. The minimum absolute atomic E-state index is 0.238. The van der Waals surface area contributed by atoms with Crippen molar-refractivity contribution in [2.75, 3.05) is 4.90 Å². The molecule has 3 nitrogen and oxygen atoms in total. The Hall–Kier alpha value is -9.05. The quantitative estimate of drug-likeness (QED) is 0.156. The maximum atomic E-state index is 10.1. The highest BCUT2D eigenvalue weighted by atomic mass is 15.2. The van der Waals surface area contributed by atoms with Crippen molar-refractivity contribution in [1.82, 2.24) is 5.32 Å². The molecule has 0 atom stereocenters. The zero-order valence-electron chi connectivity index (χ0n) is 40.1. The van der Waals surface area contributed by atoms with Crippen molar-refractivity contribution in [2.24, 2.45) is 0 Å². The summed E-state index contributed by atoms with van der Waals surface area (Å²) >= 11 is 0. The molecule has 0 fully saturated rings. The van der Waals surface area contributed by atoms with Crippen molar-refractivity contribution >= 4 is 39.8 Å². The van der Waals surface area contributed by atoms with Crippen LogP contribution in [0.3, 0.4) is 0 Å². The molecule has 3 heteroatoms. The number of benzene rings is 10. The van der Waals surface area contributed by atoms with Crippen LogP contribution in [0.2, 0.25) is 0 Å². The Morgan fingerprint density at radius 1 is 0.375 bits per heavy atom. The topological polar surface area (TPSA) is 39.1 Å². The summed E-state index contributed by atoms with van der Waals surface area (Å²) in [4.78, 5) is 2.61. The van der Waals surface area contributed by atoms with Crippen LogP contribution in [0.1, 0.15) is 75.0 Å². The van der Waals surface area contributed by atoms with Crippen LogP contribution in [-0.2, 0) is 10.8 Å². The van der Waals surface area contributed by atoms with E-state index in [-0.39, 0.29) is 5.41 Å². The second kappa shape index (κ2) is 16.0. The number of nitrogens with zero attached hydrogens (tertiary/aromatic N) is 1. The largest absolute Gasteiger partial charge is 0.352 e. The van der Waals surface area contributed by atoms with Gasteiger partial charge in [0.05, 0.1) is 39.6 Å². The van der Waals surface area contributed by atoms with E-state index in [4.69, 9.17) is 0 Å². The first kappa shape index (κ1) is 41.9. The molecule has 340 valence electrons. The molecule has 0 saturated heterocycles. The average Bonchev–Trinajstić information content (AvgIpc) is 4.01. The molecule has 0 unspecified atom stereocenters. The number of nitrogens with one attached hydrogen (secondary N) is 2. The normalized spacial score (nSPS) is 15.3. The molecule has 4 aliphatic rings. The zero-order chi connectivity index (χ0) is 48.1. The number of fused-ring (bicyclic) bond motifs is 14. The Bertz CT molecular complexity index is 3890. The van der Waals surface area contributed by atoms with Gasteiger partial charge in [-0.1, -0.05) is 250 Å². The van der Waals surface area contributed by atoms with Gasteiger partial charge in [-0.25, -0.2) is 0 Å². The van der Waals surface area contributed by atoms with Crippen LogP contribution in [0.5, 0.6) is 0 Å². The molecule has 0 radical (unpaired) electrons. The molecule has 10 aromatic carbocycles. The van der Waals surface area contributed by atoms with Gasteiger partial charge >= 0.3 is 0 Å². The highest BCUT2D eigenvalue weighted by molar-refractivity contribution is 6.36. The lowest BCUT2D eigenvalue weighted by atomic mass is 9.70. The van der Waals surface area contributed by atoms with Crippen molar-refractivity contribution in [3.8, 4) is 33.4 Å². The van der Waals surface area contributed by atoms with Crippen molar-refractivity contribution in [3.63, 3.8) is 0 Å². The first-order valence-electron chi connectivity index (χ1n) is 25.0. The summed E-state index contributed by atoms with van der Waals surface area (Å²) in [5.74, 6) is 0. The molecule has 2 N–H and O–H groups in total. The van der Waals surface area contributed by atoms with Gasteiger partial charge in [-0.2, -0.15) is 0 Å². The Labute approximate surface area is 421 Å². The zero-order valence-corrected chi connectivity index (χ0v) is 40.1. The van der Waals surface area contributed by atoms with E-state index < -0.39 is 5.41 Å². The molecule has 10 aromatic rings. The van der Waals surface area contributed by atoms with E-state index in [2.05, 4.69) is 236 Å². The third-order valence-electron chi connectivity index (χ3n) is 15.9. The molecule has 0 bridgehead atoms. The molecule has 14 rings (SSSR count). The lowest BCUT2D eigenvalue weighted by Gasteiger charge is -2.38. The van der Waals surface area contributed by atoms with Crippen LogP contribution in [-0.4, -0.2) is 5.71 Å². The highest BCUT2D eigenvalue weighted by Gasteiger charge is 2.53. The van der Waals surface area contributed by atoms with Crippen molar-refractivity contribution in [3.05, 3.63) is 310 Å². The van der Waals surface area contributed by atoms with Gasteiger partial charge in [0.15, 0.2) is 0 Å². The number of hydrogen-bond acceptors (Lipinski definition) is 3. The Morgan fingerprint density at radius 3 is 1.39 bits per heavy atom. The van der Waals surface area contributed by atoms with E-state index in [1.165, 1.54) is 66.8 Å². The van der Waals surface area contributed by atoms with Gasteiger partial charge in [0.25, 0.3) is 0 Å². The molecular formula is C69H49N3. The third kappa shape index (κ3) is 5.82. The van der Waals surface area contributed by atoms with E-state index in [1.807, 2.05) is 36.4 Å². The van der Waals surface area contributed by atoms with E-state index in [0.29, 0.717) is 5.71 Å². The molecule has 0 amide bonds. The minimum Gasteiger partial charge on any atom is -0.352 e. The summed E-state index contributed by atoms with van der Waals surface area (Å²) < 4.78 is 0. The number of rotatable bonds is 7. The van der Waals surface area contributed by atoms with Crippen LogP contribution in [0.25, 0.3) is 56.0 Å². The standard InChI is InChI=1S/C69H49N3/c1-68(2)53-36-18-16-34-51(53)62-57(68)40-22-42-59(62)72(60-43-23-41-58-63(60)52-35-17-21-39-56(52)69(58)54-37-19-14-30-47(54)48-31-15-20-38-55(48)69)67-50-33-13-12-32-49(50)66(71-65(67)46-28-10-5-11-29-46)61(44-24-6-3-7-25-44)64(70)45-26-8-4-9-27-45/h3-43,70-71H,1-2H3/b66-61-,70-64?. The first-order chi connectivity index (χ1) is 35.5. The van der Waals surface area contributed by atoms with Crippen LogP contribution in [0.4, 0.5) is 11.4 Å². The van der Waals surface area contributed by atoms with E-state index in [0.717, 1.165) is 61.9 Å². The summed E-state index contributed by atoms with van der Waals surface area (Å²) in [6, 6.07) is 90.5. The monoisotopic (exact) mass is 919 g/mol. The summed E-state index contributed by atoms with van der Waals surface area (Å²) in [6.45, 7) is 4.74. The maximum Gasteiger partial charge on any atom is 0.0783 e. The Balaban J connectivity index is 1.14. The van der Waals surface area contributed by atoms with Gasteiger partial charge in [0.2, 0.25) is 0 Å². The Kier molecular flexibility index (Phi) is 9.30. The van der Waals surface area contributed by atoms with Crippen LogP contribution in [0, 0.1) is 5.41 Å². The van der Waals surface area contributed by atoms with E-state index in [1.54, 1.807) is 0 Å². The Morgan fingerprint density at radius 2 is 0.792 bits per heavy atom. The third-order valence-corrected chi connectivity index (χ3v) is 15.9. The smallest absolute Gasteiger partial charge is 0.0783 e. The summed E-state index contributed by atoms with van der Waals surface area (Å²) in [5, 5.41) is 14.3. The van der Waals surface area contributed by atoms with Crippen LogP contribution < -0.4 is 10.2 Å². The predicted molar refractivity (Wildman–Crippen MR) is 298 cm³/mol. The minimum atomic E-state index is -0.536. The highest BCUT2D eigenvalue weighted by Crippen LogP contribution is 2.65. The van der Waals surface area contributed by atoms with Gasteiger partial charge < -0.3 is 10.2 Å². The molecule has 1 heterocycles. The molecule has 72 heavy (non-hydrogen) atoms. The first-order valence-corrected chi connectivity index (χ1v) is 25.0. The van der Waals surface area contributed by atoms with Crippen molar-refractivity contribution in [1.29, 1.82) is 5.41 Å². The summed E-state index contributed by atoms with van der Waals surface area (Å²) in [5.41, 5.74) is 25.9. The van der Waals surface area contributed by atoms with Gasteiger partial charge in [-0.3, -0.25) is 5.41 Å². The molecular weight excluding hydrogens is 871 g/mol. The predicted octanol–water partition coefficient (Wildman–Crippen LogP) is 16.5. The lowest BCUT2D eigenvalue weighted by Crippen LogP contribution is -2.29. The van der Waals surface area contributed by atoms with Crippen LogP contribution >= 0.6 is 0 Å². The fourth-order valence-corrected chi connectivity index (χ4v) is 12.9. The maximum absolute atomic E-state index is 10.1. The SMILES string of the molecule is CC1(C)c2ccccc2-c2c(N(C3=C(c4ccccc4)N/C(=C(\C(=N)c4ccccc4)c4ccccc4)c4ccccc43)c3cccc4c3-c3ccccc3C43c4ccccc4-c4ccccc43)cccc21. The summed E-state index contributed by atoms with van der Waals surface area (Å²) in [6.07, 6.45) is 0. The van der Waals surface area contributed by atoms with E-state index in [9.17, 15) is 5.41 Å². The summed E-state index contributed by atoms with van der Waals surface area (Å²) in [7, 11) is 0. The van der Waals surface area contributed by atoms with Gasteiger partial charge in [0, 0.05) is 44.4 Å². The number of hydrogen-bond donors (Lipinski definition) is 2. The van der Waals surface area contributed by atoms with Gasteiger partial charge in [0.1, 0.15) is 0 Å². The molecule has 1 aliphatic heterocycles. The number of anilines is 2. The fraction of sp³-hybridized carbons (Fsp3) is 0.0580. The molecule has 1 spiro atoms. The molecule has 3 aliphatic carbocycles. The fourth-order valence-electron chi connectivity index (χ4n) is 12.9. The molecule has 0 aromatic heterocycles. The second-order valence-electron chi connectivity index (χ2n) is 19.9. The number of allylic oxidation sites excluding steroid dienone is 1. The average molecular weight is 920 g/mol. The van der Waals surface area contributed by atoms with Crippen LogP contribution in [0.15, 0.2) is 249 Å². The lowest BCUT2D eigenvalue weighted by molar-refractivity contribution is 0.660. The van der Waals surface area contributed by atoms with Crippen molar-refractivity contribution in [2.45, 2.75) is 24.7 Å². The van der Waals surface area contributed by atoms with Gasteiger partial charge in [-0.05, 0) is 73.3 Å². The van der Waals surface area contributed by atoms with Crippen molar-refractivity contribution < 1.29 is 0 Å². The second-order valence-corrected chi connectivity index (χ2v) is 19.9. The van der Waals surface area contributed by atoms with Gasteiger partial charge in [-0.15, -0.1) is 0 Å². The van der Waals surface area contributed by atoms with E-state index >= 15 is 0 Å².